The molecule has 0 aromatic heterocycles. The Morgan fingerprint density at radius 3 is 0.621 bits per heavy atom. The van der Waals surface area contributed by atoms with Crippen LogP contribution in [0.25, 0.3) is 0 Å². The molecule has 0 spiro atoms. The molecule has 58 heavy (non-hydrogen) atoms. The molecule has 4 aliphatic rings. The summed E-state index contributed by atoms with van der Waals surface area (Å²) in [5, 5.41) is 0. The van der Waals surface area contributed by atoms with Gasteiger partial charge in [0.1, 0.15) is 46.0 Å². The molecule has 308 valence electrons. The summed E-state index contributed by atoms with van der Waals surface area (Å²) in [6, 6.07) is 25.2. The van der Waals surface area contributed by atoms with Crippen LogP contribution in [0.2, 0.25) is 0 Å². The highest BCUT2D eigenvalue weighted by molar-refractivity contribution is 5.79. The van der Waals surface area contributed by atoms with E-state index in [1.807, 2.05) is 24.3 Å². The minimum atomic E-state index is 0.108. The Bertz CT molecular complexity index is 1760. The number of ether oxygens (including phenoxy) is 8. The van der Waals surface area contributed by atoms with Crippen molar-refractivity contribution in [2.75, 3.05) is 76.5 Å². The van der Waals surface area contributed by atoms with Crippen LogP contribution >= 0.6 is 0 Å². The Morgan fingerprint density at radius 2 is 0.466 bits per heavy atom. The van der Waals surface area contributed by atoms with Gasteiger partial charge in [-0.1, -0.05) is 25.7 Å². The van der Waals surface area contributed by atoms with Crippen LogP contribution in [0.1, 0.15) is 51.4 Å². The first kappa shape index (κ1) is 39.1. The van der Waals surface area contributed by atoms with Crippen molar-refractivity contribution in [2.24, 2.45) is 0 Å². The number of hydrogen-bond donors (Lipinski definition) is 0. The molecule has 8 rings (SSSR count). The van der Waals surface area contributed by atoms with E-state index in [0.29, 0.717) is 0 Å². The Morgan fingerprint density at radius 1 is 0.293 bits per heavy atom. The van der Waals surface area contributed by atoms with Gasteiger partial charge < -0.3 is 57.5 Å². The highest BCUT2D eigenvalue weighted by Gasteiger charge is 2.54. The molecule has 2 saturated carbocycles. The van der Waals surface area contributed by atoms with Crippen LogP contribution in [0.15, 0.2) is 84.4 Å². The van der Waals surface area contributed by atoms with Gasteiger partial charge in [0.2, 0.25) is 0 Å². The monoisotopic (exact) mass is 792 g/mol. The van der Waals surface area contributed by atoms with Gasteiger partial charge >= 0.3 is 0 Å². The van der Waals surface area contributed by atoms with Crippen molar-refractivity contribution < 1.29 is 37.9 Å². The summed E-state index contributed by atoms with van der Waals surface area (Å²) in [5.41, 5.74) is 3.92. The lowest BCUT2D eigenvalue weighted by atomic mass is 9.89. The fourth-order valence-corrected chi connectivity index (χ4v) is 9.66. The zero-order valence-electron chi connectivity index (χ0n) is 34.9. The number of rotatable bonds is 12. The van der Waals surface area contributed by atoms with Gasteiger partial charge in [0.15, 0.2) is 11.6 Å². The maximum atomic E-state index is 5.94. The molecule has 4 unspecified atom stereocenters. The van der Waals surface area contributed by atoms with Crippen LogP contribution in [0, 0.1) is 0 Å². The lowest BCUT2D eigenvalue weighted by Gasteiger charge is -2.36. The largest absolute Gasteiger partial charge is 0.497 e. The minimum absolute atomic E-state index is 0.108. The molecule has 0 amide bonds. The topological polar surface area (TPSA) is 86.8 Å². The van der Waals surface area contributed by atoms with E-state index < -0.39 is 0 Å². The smallest absolute Gasteiger partial charge is 0.156 e. The summed E-state index contributed by atoms with van der Waals surface area (Å²) >= 11 is 0. The van der Waals surface area contributed by atoms with Gasteiger partial charge in [-0.25, -0.2) is 0 Å². The van der Waals surface area contributed by atoms with Crippen molar-refractivity contribution in [3.05, 3.63) is 84.4 Å². The van der Waals surface area contributed by atoms with Gasteiger partial charge in [0, 0.05) is 72.8 Å². The van der Waals surface area contributed by atoms with Crippen LogP contribution in [0.5, 0.6) is 46.0 Å². The SMILES string of the molecule is COc1cc(OC)cc(N2C(=C3N(c4cc(OC)cc(OC)c4)C4CCCCC4N3c3cc(OC)cc(OC)c3)N(c3cc(OC)cc(OC)c3)C3CCCCC32)c1. The first-order valence-corrected chi connectivity index (χ1v) is 20.2. The zero-order chi connectivity index (χ0) is 40.5. The number of nitrogens with zero attached hydrogens (tertiary/aromatic N) is 4. The van der Waals surface area contributed by atoms with Crippen molar-refractivity contribution in [3.63, 3.8) is 0 Å². The van der Waals surface area contributed by atoms with E-state index in [2.05, 4.69) is 68.1 Å². The second-order valence-corrected chi connectivity index (χ2v) is 15.2. The normalized spacial score (nSPS) is 21.4. The summed E-state index contributed by atoms with van der Waals surface area (Å²) in [6.45, 7) is 0. The molecule has 4 aromatic carbocycles. The Labute approximate surface area is 342 Å². The Hall–Kier alpha value is -5.78. The van der Waals surface area contributed by atoms with Crippen LogP contribution < -0.4 is 57.5 Å². The predicted molar refractivity (Wildman–Crippen MR) is 227 cm³/mol. The van der Waals surface area contributed by atoms with Crippen molar-refractivity contribution in [3.8, 4) is 46.0 Å². The van der Waals surface area contributed by atoms with Crippen LogP contribution in [-0.4, -0.2) is 81.0 Å². The van der Waals surface area contributed by atoms with Gasteiger partial charge in [0.25, 0.3) is 0 Å². The third kappa shape index (κ3) is 6.96. The van der Waals surface area contributed by atoms with Gasteiger partial charge in [0.05, 0.1) is 104 Å². The molecule has 2 aliphatic heterocycles. The minimum Gasteiger partial charge on any atom is -0.497 e. The second-order valence-electron chi connectivity index (χ2n) is 15.2. The number of fused-ring (bicyclic) bond motifs is 2. The molecule has 12 heteroatoms. The number of hydrogen-bond acceptors (Lipinski definition) is 12. The third-order valence-corrected chi connectivity index (χ3v) is 12.3. The van der Waals surface area contributed by atoms with Crippen molar-refractivity contribution >= 4 is 22.7 Å². The summed E-state index contributed by atoms with van der Waals surface area (Å²) in [4.78, 5) is 10.2. The Kier molecular flexibility index (Phi) is 11.2. The van der Waals surface area contributed by atoms with Gasteiger partial charge in [-0.2, -0.15) is 0 Å². The molecule has 2 saturated heterocycles. The van der Waals surface area contributed by atoms with Crippen LogP contribution in [-0.2, 0) is 0 Å². The maximum Gasteiger partial charge on any atom is 0.156 e. The fraction of sp³-hybridized carbons (Fsp3) is 0.435. The van der Waals surface area contributed by atoms with Gasteiger partial charge in [-0.15, -0.1) is 0 Å². The molecule has 0 N–H and O–H groups in total. The van der Waals surface area contributed by atoms with E-state index in [1.54, 1.807) is 56.9 Å². The van der Waals surface area contributed by atoms with Crippen molar-refractivity contribution in [1.29, 1.82) is 0 Å². The summed E-state index contributed by atoms with van der Waals surface area (Å²) in [6.07, 6.45) is 8.39. The summed E-state index contributed by atoms with van der Waals surface area (Å²) in [7, 11) is 13.6. The average molecular weight is 793 g/mol. The molecular formula is C46H56N4O8. The average Bonchev–Trinajstić information content (AvgIpc) is 3.81. The summed E-state index contributed by atoms with van der Waals surface area (Å²) < 4.78 is 47.5. The molecule has 2 heterocycles. The first-order valence-electron chi connectivity index (χ1n) is 20.2. The highest BCUT2D eigenvalue weighted by atomic mass is 16.5. The second kappa shape index (κ2) is 16.6. The van der Waals surface area contributed by atoms with Gasteiger partial charge in [-0.3, -0.25) is 0 Å². The molecular weight excluding hydrogens is 737 g/mol. The van der Waals surface area contributed by atoms with E-state index in [0.717, 1.165) is 132 Å². The van der Waals surface area contributed by atoms with E-state index in [9.17, 15) is 0 Å². The standard InChI is InChI=1S/C46H56N4O8/c1-51-33-17-29(18-34(25-33)52-2)47-41-13-9-10-14-42(41)48(30-19-35(53-3)26-36(20-30)54-4)45(47)46-49(31-21-37(55-5)27-38(22-31)56-6)43-15-11-12-16-44(43)50(46)32-23-39(57-7)28-40(24-32)58-8/h17-28,41-44H,9-16H2,1-8H3. The quantitative estimate of drug-likeness (QED) is 0.137. The lowest BCUT2D eigenvalue weighted by molar-refractivity contribution is 0.390. The predicted octanol–water partition coefficient (Wildman–Crippen LogP) is 8.86. The van der Waals surface area contributed by atoms with E-state index >= 15 is 0 Å². The van der Waals surface area contributed by atoms with Crippen molar-refractivity contribution in [1.82, 2.24) is 0 Å². The Balaban J connectivity index is 1.53. The highest BCUT2D eigenvalue weighted by Crippen LogP contribution is 2.53. The van der Waals surface area contributed by atoms with Crippen LogP contribution in [0.3, 0.4) is 0 Å². The summed E-state index contributed by atoms with van der Waals surface area (Å²) in [5.74, 6) is 7.81. The molecule has 12 nitrogen and oxygen atoms in total. The number of benzene rings is 4. The molecule has 2 aliphatic carbocycles. The zero-order valence-corrected chi connectivity index (χ0v) is 34.9. The van der Waals surface area contributed by atoms with Crippen molar-refractivity contribution in [2.45, 2.75) is 75.5 Å². The molecule has 4 fully saturated rings. The van der Waals surface area contributed by atoms with E-state index in [-0.39, 0.29) is 24.2 Å². The van der Waals surface area contributed by atoms with Gasteiger partial charge in [-0.05, 0) is 25.7 Å². The maximum absolute atomic E-state index is 5.94. The number of methoxy groups -OCH3 is 8. The fourth-order valence-electron chi connectivity index (χ4n) is 9.66. The molecule has 0 radical (unpaired) electrons. The van der Waals surface area contributed by atoms with Crippen LogP contribution in [0.4, 0.5) is 22.7 Å². The first-order chi connectivity index (χ1) is 28.4. The molecule has 4 atom stereocenters. The molecule has 4 aromatic rings. The van der Waals surface area contributed by atoms with E-state index in [1.165, 1.54) is 0 Å². The van der Waals surface area contributed by atoms with E-state index in [4.69, 9.17) is 37.9 Å². The lowest BCUT2D eigenvalue weighted by Crippen LogP contribution is -2.40. The third-order valence-electron chi connectivity index (χ3n) is 12.3. The molecule has 0 bridgehead atoms. The number of anilines is 4.